The zero-order valence-corrected chi connectivity index (χ0v) is 14.9. The molecule has 1 aromatic heterocycles. The van der Waals surface area contributed by atoms with Crippen LogP contribution < -0.4 is 4.90 Å². The number of amides is 1. The van der Waals surface area contributed by atoms with E-state index in [4.69, 9.17) is 4.74 Å². The first kappa shape index (κ1) is 17.5. The molecule has 6 heteroatoms. The number of hydrogen-bond acceptors (Lipinski definition) is 5. The van der Waals surface area contributed by atoms with Gasteiger partial charge in [-0.3, -0.25) is 0 Å². The molecule has 0 N–H and O–H groups in total. The van der Waals surface area contributed by atoms with E-state index in [9.17, 15) is 4.79 Å². The molecule has 23 heavy (non-hydrogen) atoms. The lowest BCUT2D eigenvalue weighted by Crippen LogP contribution is -2.45. The van der Waals surface area contributed by atoms with E-state index in [1.807, 2.05) is 51.8 Å². The lowest BCUT2D eigenvalue weighted by atomic mass is 9.98. The predicted octanol–water partition coefficient (Wildman–Crippen LogP) is 2.87. The minimum absolute atomic E-state index is 0.208. The summed E-state index contributed by atoms with van der Waals surface area (Å²) in [4.78, 5) is 16.2. The van der Waals surface area contributed by atoms with Crippen molar-refractivity contribution >= 4 is 11.9 Å². The summed E-state index contributed by atoms with van der Waals surface area (Å²) in [5.74, 6) is 1.29. The molecule has 0 radical (unpaired) electrons. The summed E-state index contributed by atoms with van der Waals surface area (Å²) in [6.45, 7) is 9.99. The average molecular weight is 320 g/mol. The molecule has 1 saturated heterocycles. The number of anilines is 1. The Morgan fingerprint density at radius 2 is 2.13 bits per heavy atom. The largest absolute Gasteiger partial charge is 0.444 e. The fourth-order valence-corrected chi connectivity index (χ4v) is 2.78. The van der Waals surface area contributed by atoms with Crippen molar-refractivity contribution < 1.29 is 9.53 Å². The third-order valence-electron chi connectivity index (χ3n) is 3.88. The molecule has 1 amide bonds. The molecule has 0 spiro atoms. The van der Waals surface area contributed by atoms with Crippen molar-refractivity contribution in [3.8, 4) is 0 Å². The number of likely N-dealkylation sites (tertiary alicyclic amines) is 1. The van der Waals surface area contributed by atoms with Crippen molar-refractivity contribution in [3.05, 3.63) is 17.8 Å². The van der Waals surface area contributed by atoms with E-state index in [1.165, 1.54) is 0 Å². The Bertz CT molecular complexity index is 524. The molecule has 2 heterocycles. The molecule has 1 atom stereocenters. The lowest BCUT2D eigenvalue weighted by molar-refractivity contribution is 0.0170. The van der Waals surface area contributed by atoms with Gasteiger partial charge in [-0.05, 0) is 58.6 Å². The maximum absolute atomic E-state index is 12.2. The van der Waals surface area contributed by atoms with Crippen LogP contribution in [-0.2, 0) is 4.74 Å². The fourth-order valence-electron chi connectivity index (χ4n) is 2.78. The van der Waals surface area contributed by atoms with E-state index in [2.05, 4.69) is 15.1 Å². The molecule has 0 aromatic carbocycles. The molecule has 0 bridgehead atoms. The van der Waals surface area contributed by atoms with Crippen LogP contribution >= 0.6 is 0 Å². The third-order valence-corrected chi connectivity index (χ3v) is 3.88. The summed E-state index contributed by atoms with van der Waals surface area (Å²) in [7, 11) is 2.02. The minimum Gasteiger partial charge on any atom is -0.444 e. The van der Waals surface area contributed by atoms with Gasteiger partial charge in [0.15, 0.2) is 5.82 Å². The maximum atomic E-state index is 12.2. The second kappa shape index (κ2) is 7.15. The molecule has 2 rings (SSSR count). The molecular formula is C17H28N4O2. The molecule has 6 nitrogen and oxygen atoms in total. The van der Waals surface area contributed by atoms with Crippen LogP contribution in [0.15, 0.2) is 12.1 Å². The van der Waals surface area contributed by atoms with E-state index in [0.717, 1.165) is 44.0 Å². The Hall–Kier alpha value is -1.85. The maximum Gasteiger partial charge on any atom is 0.410 e. The first-order valence-electron chi connectivity index (χ1n) is 8.24. The van der Waals surface area contributed by atoms with Crippen molar-refractivity contribution in [2.24, 2.45) is 5.92 Å². The van der Waals surface area contributed by atoms with E-state index < -0.39 is 5.60 Å². The summed E-state index contributed by atoms with van der Waals surface area (Å²) in [5, 5.41) is 8.32. The number of rotatable bonds is 3. The summed E-state index contributed by atoms with van der Waals surface area (Å²) in [6, 6.07) is 3.95. The zero-order valence-electron chi connectivity index (χ0n) is 14.9. The third kappa shape index (κ3) is 5.37. The van der Waals surface area contributed by atoms with Gasteiger partial charge in [0.25, 0.3) is 0 Å². The lowest BCUT2D eigenvalue weighted by Gasteiger charge is -2.35. The van der Waals surface area contributed by atoms with Crippen molar-refractivity contribution in [3.63, 3.8) is 0 Å². The Labute approximate surface area is 138 Å². The van der Waals surface area contributed by atoms with Crippen molar-refractivity contribution in [1.82, 2.24) is 15.1 Å². The Morgan fingerprint density at radius 1 is 1.39 bits per heavy atom. The topological polar surface area (TPSA) is 58.6 Å². The quantitative estimate of drug-likeness (QED) is 0.857. The van der Waals surface area contributed by atoms with Gasteiger partial charge in [0.2, 0.25) is 0 Å². The fraction of sp³-hybridized carbons (Fsp3) is 0.706. The number of hydrogen-bond donors (Lipinski definition) is 0. The number of ether oxygens (including phenoxy) is 1. The normalized spacial score (nSPS) is 18.7. The second-order valence-electron chi connectivity index (χ2n) is 7.35. The Balaban J connectivity index is 1.90. The molecule has 0 saturated carbocycles. The van der Waals surface area contributed by atoms with Gasteiger partial charge in [-0.2, -0.15) is 5.10 Å². The standard InChI is InChI=1S/C17H28N4O2/c1-13-8-9-15(19-18-13)20(5)11-14-7-6-10-21(12-14)16(22)23-17(2,3)4/h8-9,14H,6-7,10-12H2,1-5H3/t14-/m0/s1. The number of nitrogens with zero attached hydrogens (tertiary/aromatic N) is 4. The number of piperidine rings is 1. The van der Waals surface area contributed by atoms with Gasteiger partial charge in [0, 0.05) is 26.7 Å². The van der Waals surface area contributed by atoms with Crippen LogP contribution in [-0.4, -0.2) is 53.5 Å². The van der Waals surface area contributed by atoms with Crippen molar-refractivity contribution in [1.29, 1.82) is 0 Å². The Morgan fingerprint density at radius 3 is 2.74 bits per heavy atom. The molecule has 1 aliphatic rings. The number of carbonyl (C=O) groups is 1. The SMILES string of the molecule is Cc1ccc(N(C)C[C@@H]2CCCN(C(=O)OC(C)(C)C)C2)nn1. The molecule has 0 aliphatic carbocycles. The van der Waals surface area contributed by atoms with E-state index >= 15 is 0 Å². The highest BCUT2D eigenvalue weighted by Crippen LogP contribution is 2.21. The molecule has 1 aliphatic heterocycles. The number of aryl methyl sites for hydroxylation is 1. The second-order valence-corrected chi connectivity index (χ2v) is 7.35. The first-order valence-corrected chi connectivity index (χ1v) is 8.24. The van der Waals surface area contributed by atoms with Crippen molar-refractivity contribution in [2.45, 2.75) is 46.1 Å². The van der Waals surface area contributed by atoms with Gasteiger partial charge in [-0.25, -0.2) is 4.79 Å². The smallest absolute Gasteiger partial charge is 0.410 e. The van der Waals surface area contributed by atoms with Crippen LogP contribution in [0.1, 0.15) is 39.3 Å². The molecular weight excluding hydrogens is 292 g/mol. The van der Waals surface area contributed by atoms with E-state index in [-0.39, 0.29) is 6.09 Å². The highest BCUT2D eigenvalue weighted by atomic mass is 16.6. The zero-order chi connectivity index (χ0) is 17.0. The molecule has 1 aromatic rings. The van der Waals surface area contributed by atoms with E-state index in [1.54, 1.807) is 0 Å². The van der Waals surface area contributed by atoms with Crippen molar-refractivity contribution in [2.75, 3.05) is 31.6 Å². The molecule has 128 valence electrons. The highest BCUT2D eigenvalue weighted by Gasteiger charge is 2.28. The summed E-state index contributed by atoms with van der Waals surface area (Å²) in [6.07, 6.45) is 1.92. The van der Waals surface area contributed by atoms with E-state index in [0.29, 0.717) is 5.92 Å². The molecule has 0 unspecified atom stereocenters. The summed E-state index contributed by atoms with van der Waals surface area (Å²) >= 11 is 0. The van der Waals surface area contributed by atoms with Gasteiger partial charge in [-0.1, -0.05) is 0 Å². The monoisotopic (exact) mass is 320 g/mol. The first-order chi connectivity index (χ1) is 10.7. The summed E-state index contributed by atoms with van der Waals surface area (Å²) in [5.41, 5.74) is 0.467. The number of aromatic nitrogens is 2. The van der Waals surface area contributed by atoms with Gasteiger partial charge in [0.1, 0.15) is 5.60 Å². The van der Waals surface area contributed by atoms with Crippen LogP contribution in [0.4, 0.5) is 10.6 Å². The van der Waals surface area contributed by atoms with Crippen LogP contribution in [0.5, 0.6) is 0 Å². The minimum atomic E-state index is -0.446. The highest BCUT2D eigenvalue weighted by molar-refractivity contribution is 5.68. The van der Waals surface area contributed by atoms with Crippen LogP contribution in [0.25, 0.3) is 0 Å². The van der Waals surface area contributed by atoms with Crippen LogP contribution in [0, 0.1) is 12.8 Å². The Kier molecular flexibility index (Phi) is 5.44. The van der Waals surface area contributed by atoms with Gasteiger partial charge >= 0.3 is 6.09 Å². The predicted molar refractivity (Wildman–Crippen MR) is 90.6 cm³/mol. The summed E-state index contributed by atoms with van der Waals surface area (Å²) < 4.78 is 5.48. The van der Waals surface area contributed by atoms with Gasteiger partial charge < -0.3 is 14.5 Å². The average Bonchev–Trinajstić information content (AvgIpc) is 2.46. The molecule has 1 fully saturated rings. The van der Waals surface area contributed by atoms with Crippen LogP contribution in [0.3, 0.4) is 0 Å². The van der Waals surface area contributed by atoms with Crippen LogP contribution in [0.2, 0.25) is 0 Å². The number of carbonyl (C=O) groups excluding carboxylic acids is 1. The van der Waals surface area contributed by atoms with Gasteiger partial charge in [-0.15, -0.1) is 5.10 Å². The van der Waals surface area contributed by atoms with Gasteiger partial charge in [0.05, 0.1) is 5.69 Å².